The number of rotatable bonds is 2. The Labute approximate surface area is 104 Å². The van der Waals surface area contributed by atoms with E-state index in [1.807, 2.05) is 0 Å². The van der Waals surface area contributed by atoms with E-state index in [4.69, 9.17) is 16.8 Å². The van der Waals surface area contributed by atoms with Crippen LogP contribution >= 0.6 is 15.9 Å². The average molecular weight is 311 g/mol. The number of benzene rings is 1. The summed E-state index contributed by atoms with van der Waals surface area (Å²) >= 11 is 3.09. The SMILES string of the molecule is N=N.NC=Nc1cc(CBr)cc(C(F)(F)F)c1. The van der Waals surface area contributed by atoms with Crippen molar-refractivity contribution in [1.82, 2.24) is 0 Å². The summed E-state index contributed by atoms with van der Waals surface area (Å²) in [6.45, 7) is 0. The van der Waals surface area contributed by atoms with Crippen LogP contribution in [0.1, 0.15) is 11.1 Å². The summed E-state index contributed by atoms with van der Waals surface area (Å²) in [4.78, 5) is 3.62. The number of aliphatic imine (C=N–C) groups is 1. The van der Waals surface area contributed by atoms with E-state index in [-0.39, 0.29) is 5.69 Å². The Morgan fingerprint density at radius 3 is 2.29 bits per heavy atom. The van der Waals surface area contributed by atoms with Gasteiger partial charge in [-0.3, -0.25) is 0 Å². The molecule has 0 atom stereocenters. The smallest absolute Gasteiger partial charge is 0.390 e. The zero-order valence-corrected chi connectivity index (χ0v) is 10.1. The highest BCUT2D eigenvalue weighted by molar-refractivity contribution is 9.08. The summed E-state index contributed by atoms with van der Waals surface area (Å²) in [5, 5.41) is 0.337. The molecule has 0 radical (unpaired) electrons. The predicted molar refractivity (Wildman–Crippen MR) is 61.9 cm³/mol. The fourth-order valence-corrected chi connectivity index (χ4v) is 1.40. The number of nitrogens with one attached hydrogen (secondary N) is 2. The molecular formula is C9H10BrF3N4. The van der Waals surface area contributed by atoms with E-state index in [1.54, 1.807) is 0 Å². The Morgan fingerprint density at radius 2 is 1.88 bits per heavy atom. The third-order valence-corrected chi connectivity index (χ3v) is 2.33. The molecule has 4 nitrogen and oxygen atoms in total. The molecule has 1 aromatic carbocycles. The normalized spacial score (nSPS) is 11.1. The Morgan fingerprint density at radius 1 is 1.29 bits per heavy atom. The third kappa shape index (κ3) is 4.94. The first-order valence-electron chi connectivity index (χ1n) is 4.23. The molecule has 0 saturated carbocycles. The second-order valence-electron chi connectivity index (χ2n) is 2.80. The summed E-state index contributed by atoms with van der Waals surface area (Å²) in [5.41, 5.74) is 15.0. The van der Waals surface area contributed by atoms with Crippen LogP contribution in [0.4, 0.5) is 18.9 Å². The van der Waals surface area contributed by atoms with Gasteiger partial charge in [-0.25, -0.2) is 16.1 Å². The molecule has 0 spiro atoms. The lowest BCUT2D eigenvalue weighted by molar-refractivity contribution is -0.137. The Hall–Kier alpha value is -1.44. The summed E-state index contributed by atoms with van der Waals surface area (Å²) in [5.74, 6) is 0. The fraction of sp³-hybridized carbons (Fsp3) is 0.222. The van der Waals surface area contributed by atoms with Crippen molar-refractivity contribution in [3.63, 3.8) is 0 Å². The van der Waals surface area contributed by atoms with Crippen molar-refractivity contribution in [2.24, 2.45) is 10.7 Å². The minimum atomic E-state index is -4.36. The zero-order valence-electron chi connectivity index (χ0n) is 8.55. The number of nitrogens with two attached hydrogens (primary N) is 1. The Kier molecular flexibility index (Phi) is 6.40. The molecule has 0 aliphatic heterocycles. The van der Waals surface area contributed by atoms with E-state index in [0.29, 0.717) is 10.9 Å². The fourth-order valence-electron chi connectivity index (χ4n) is 1.08. The lowest BCUT2D eigenvalue weighted by atomic mass is 10.1. The maximum atomic E-state index is 12.4. The summed E-state index contributed by atoms with van der Waals surface area (Å²) in [6.07, 6.45) is -3.40. The van der Waals surface area contributed by atoms with E-state index < -0.39 is 11.7 Å². The standard InChI is InChI=1S/C9H8BrF3N2.H2N2/c10-4-6-1-7(9(11,12)13)3-8(2-6)15-5-14;1-2/h1-3,5H,4H2,(H2,14,15);1-2H. The Bertz CT molecular complexity index is 392. The summed E-state index contributed by atoms with van der Waals surface area (Å²) in [6, 6.07) is 3.56. The molecule has 0 heterocycles. The van der Waals surface area contributed by atoms with E-state index in [0.717, 1.165) is 18.5 Å². The summed E-state index contributed by atoms with van der Waals surface area (Å²) < 4.78 is 37.3. The molecule has 17 heavy (non-hydrogen) atoms. The van der Waals surface area contributed by atoms with E-state index in [2.05, 4.69) is 20.9 Å². The van der Waals surface area contributed by atoms with Crippen molar-refractivity contribution in [2.75, 3.05) is 0 Å². The van der Waals surface area contributed by atoms with Crippen LogP contribution in [0.15, 0.2) is 23.2 Å². The van der Waals surface area contributed by atoms with Gasteiger partial charge in [-0.05, 0) is 23.8 Å². The van der Waals surface area contributed by atoms with Crippen LogP contribution < -0.4 is 5.73 Å². The van der Waals surface area contributed by atoms with E-state index in [9.17, 15) is 13.2 Å². The van der Waals surface area contributed by atoms with Gasteiger partial charge in [0.2, 0.25) is 0 Å². The highest BCUT2D eigenvalue weighted by Crippen LogP contribution is 2.33. The number of hydrogen-bond donors (Lipinski definition) is 3. The van der Waals surface area contributed by atoms with Crippen LogP contribution in [0.5, 0.6) is 0 Å². The van der Waals surface area contributed by atoms with Crippen molar-refractivity contribution >= 4 is 28.0 Å². The van der Waals surface area contributed by atoms with Crippen molar-refractivity contribution in [1.29, 1.82) is 11.1 Å². The highest BCUT2D eigenvalue weighted by atomic mass is 79.9. The molecule has 0 aromatic heterocycles. The molecule has 4 N–H and O–H groups in total. The molecule has 0 aliphatic rings. The van der Waals surface area contributed by atoms with Crippen LogP contribution in [0.3, 0.4) is 0 Å². The molecule has 0 bridgehead atoms. The lowest BCUT2D eigenvalue weighted by Gasteiger charge is -2.09. The molecule has 0 fully saturated rings. The molecule has 0 saturated heterocycles. The van der Waals surface area contributed by atoms with Gasteiger partial charge >= 0.3 is 6.18 Å². The second kappa shape index (κ2) is 7.00. The monoisotopic (exact) mass is 310 g/mol. The van der Waals surface area contributed by atoms with Gasteiger partial charge in [0, 0.05) is 5.33 Å². The molecule has 1 rings (SSSR count). The molecule has 0 amide bonds. The first-order chi connectivity index (χ1) is 7.97. The van der Waals surface area contributed by atoms with Gasteiger partial charge in [-0.15, -0.1) is 0 Å². The first kappa shape index (κ1) is 15.6. The second-order valence-corrected chi connectivity index (χ2v) is 3.36. The van der Waals surface area contributed by atoms with Crippen LogP contribution in [0.2, 0.25) is 0 Å². The highest BCUT2D eigenvalue weighted by Gasteiger charge is 2.31. The van der Waals surface area contributed by atoms with Gasteiger partial charge in [0.1, 0.15) is 0 Å². The number of alkyl halides is 4. The van der Waals surface area contributed by atoms with Crippen LogP contribution in [0, 0.1) is 11.1 Å². The van der Waals surface area contributed by atoms with E-state index >= 15 is 0 Å². The van der Waals surface area contributed by atoms with Crippen LogP contribution in [0.25, 0.3) is 0 Å². The number of halogens is 4. The van der Waals surface area contributed by atoms with Gasteiger partial charge in [-0.1, -0.05) is 15.9 Å². The Balaban J connectivity index is 0.00000121. The van der Waals surface area contributed by atoms with Crippen molar-refractivity contribution in [3.05, 3.63) is 29.3 Å². The van der Waals surface area contributed by atoms with Crippen molar-refractivity contribution in [2.45, 2.75) is 11.5 Å². The predicted octanol–water partition coefficient (Wildman–Crippen LogP) is 3.81. The maximum absolute atomic E-state index is 12.4. The van der Waals surface area contributed by atoms with Crippen molar-refractivity contribution < 1.29 is 13.2 Å². The molecule has 0 unspecified atom stereocenters. The molecule has 1 aromatic rings. The molecule has 94 valence electrons. The summed E-state index contributed by atoms with van der Waals surface area (Å²) in [7, 11) is 0. The lowest BCUT2D eigenvalue weighted by Crippen LogP contribution is -2.05. The van der Waals surface area contributed by atoms with Gasteiger partial charge < -0.3 is 5.73 Å². The molecule has 0 aliphatic carbocycles. The molecule has 8 heteroatoms. The topological polar surface area (TPSA) is 86.1 Å². The minimum Gasteiger partial charge on any atom is -0.390 e. The van der Waals surface area contributed by atoms with Crippen LogP contribution in [-0.2, 0) is 11.5 Å². The first-order valence-corrected chi connectivity index (χ1v) is 5.36. The van der Waals surface area contributed by atoms with Gasteiger partial charge in [0.25, 0.3) is 0 Å². The number of nitrogens with zero attached hydrogens (tertiary/aromatic N) is 1. The third-order valence-electron chi connectivity index (χ3n) is 1.68. The average Bonchev–Trinajstić information content (AvgIpc) is 2.30. The van der Waals surface area contributed by atoms with Crippen molar-refractivity contribution in [3.8, 4) is 0 Å². The van der Waals surface area contributed by atoms with Gasteiger partial charge in [-0.2, -0.15) is 13.2 Å². The van der Waals surface area contributed by atoms with Gasteiger partial charge in [0.05, 0.1) is 17.6 Å². The van der Waals surface area contributed by atoms with Crippen LogP contribution in [-0.4, -0.2) is 6.34 Å². The number of hydrogen-bond acceptors (Lipinski definition) is 3. The van der Waals surface area contributed by atoms with E-state index in [1.165, 1.54) is 6.07 Å². The quantitative estimate of drug-likeness (QED) is 0.330. The minimum absolute atomic E-state index is 0.196. The maximum Gasteiger partial charge on any atom is 0.416 e. The molecular weight excluding hydrogens is 301 g/mol. The van der Waals surface area contributed by atoms with Gasteiger partial charge in [0.15, 0.2) is 0 Å². The largest absolute Gasteiger partial charge is 0.416 e. The zero-order chi connectivity index (χ0) is 13.5.